The minimum absolute atomic E-state index is 0.113. The molecule has 0 aliphatic rings. The summed E-state index contributed by atoms with van der Waals surface area (Å²) < 4.78 is 7.12. The van der Waals surface area contributed by atoms with E-state index in [2.05, 4.69) is 11.9 Å². The normalized spacial score (nSPS) is 11.2. The van der Waals surface area contributed by atoms with Crippen LogP contribution in [0, 0.1) is 0 Å². The summed E-state index contributed by atoms with van der Waals surface area (Å²) in [4.78, 5) is 16.1. The highest BCUT2D eigenvalue weighted by molar-refractivity contribution is 6.29. The number of hydrogen-bond donors (Lipinski definition) is 0. The van der Waals surface area contributed by atoms with Crippen LogP contribution in [0.2, 0.25) is 5.15 Å². The van der Waals surface area contributed by atoms with Gasteiger partial charge in [-0.1, -0.05) is 38.8 Å². The molecule has 102 valence electrons. The number of ether oxygens (including phenoxy) is 1. The van der Waals surface area contributed by atoms with Crippen molar-refractivity contribution in [1.29, 1.82) is 0 Å². The van der Waals surface area contributed by atoms with Crippen molar-refractivity contribution < 1.29 is 4.74 Å². The first kappa shape index (κ1) is 15.2. The number of halogens is 1. The van der Waals surface area contributed by atoms with Crippen molar-refractivity contribution in [2.75, 3.05) is 13.2 Å². The first-order valence-electron chi connectivity index (χ1n) is 6.41. The van der Waals surface area contributed by atoms with Crippen LogP contribution in [0.3, 0.4) is 0 Å². The summed E-state index contributed by atoms with van der Waals surface area (Å²) in [6.07, 6.45) is 2.16. The highest BCUT2D eigenvalue weighted by Gasteiger charge is 2.11. The van der Waals surface area contributed by atoms with Gasteiger partial charge in [-0.25, -0.2) is 4.98 Å². The SMILES string of the molecule is CCCCOCCn1c(C(C)C)nc(Cl)cc1=O. The molecule has 1 rings (SSSR count). The fourth-order valence-electron chi connectivity index (χ4n) is 1.66. The molecule has 1 aromatic heterocycles. The molecule has 0 bridgehead atoms. The molecule has 18 heavy (non-hydrogen) atoms. The van der Waals surface area contributed by atoms with Crippen LogP contribution < -0.4 is 5.56 Å². The maximum absolute atomic E-state index is 11.9. The van der Waals surface area contributed by atoms with Crippen LogP contribution in [0.1, 0.15) is 45.4 Å². The predicted octanol–water partition coefficient (Wildman–Crippen LogP) is 2.84. The van der Waals surface area contributed by atoms with Gasteiger partial charge in [-0.05, 0) is 6.42 Å². The molecule has 0 N–H and O–H groups in total. The van der Waals surface area contributed by atoms with Gasteiger partial charge in [0.1, 0.15) is 11.0 Å². The third kappa shape index (κ3) is 4.42. The molecule has 0 spiro atoms. The zero-order valence-corrected chi connectivity index (χ0v) is 12.0. The van der Waals surface area contributed by atoms with E-state index in [9.17, 15) is 4.79 Å². The van der Waals surface area contributed by atoms with Crippen molar-refractivity contribution >= 4 is 11.6 Å². The largest absolute Gasteiger partial charge is 0.380 e. The molecular formula is C13H21ClN2O2. The predicted molar refractivity (Wildman–Crippen MR) is 73.3 cm³/mol. The Kier molecular flexibility index (Phi) is 6.36. The summed E-state index contributed by atoms with van der Waals surface area (Å²) >= 11 is 5.81. The van der Waals surface area contributed by atoms with Crippen molar-refractivity contribution in [3.8, 4) is 0 Å². The molecule has 0 unspecified atom stereocenters. The third-order valence-electron chi connectivity index (χ3n) is 2.62. The number of rotatable bonds is 7. The van der Waals surface area contributed by atoms with Crippen LogP contribution >= 0.6 is 11.6 Å². The molecule has 5 heteroatoms. The standard InChI is InChI=1S/C13H21ClN2O2/c1-4-5-7-18-8-6-16-12(17)9-11(14)15-13(16)10(2)3/h9-10H,4-8H2,1-3H3. The average Bonchev–Trinajstić information content (AvgIpc) is 2.30. The van der Waals surface area contributed by atoms with Gasteiger partial charge in [0.15, 0.2) is 0 Å². The number of unbranched alkanes of at least 4 members (excludes halogenated alkanes) is 1. The molecule has 0 aliphatic carbocycles. The Balaban J connectivity index is 2.72. The Labute approximate surface area is 113 Å². The van der Waals surface area contributed by atoms with Crippen molar-refractivity contribution in [2.45, 2.75) is 46.1 Å². The minimum atomic E-state index is -0.113. The zero-order chi connectivity index (χ0) is 13.5. The second-order valence-electron chi connectivity index (χ2n) is 4.55. The first-order valence-corrected chi connectivity index (χ1v) is 6.79. The molecule has 0 aromatic carbocycles. The van der Waals surface area contributed by atoms with E-state index in [0.29, 0.717) is 19.0 Å². The van der Waals surface area contributed by atoms with Crippen molar-refractivity contribution in [3.63, 3.8) is 0 Å². The quantitative estimate of drug-likeness (QED) is 0.566. The van der Waals surface area contributed by atoms with Crippen molar-refractivity contribution in [3.05, 3.63) is 27.4 Å². The van der Waals surface area contributed by atoms with Gasteiger partial charge in [-0.15, -0.1) is 0 Å². The summed E-state index contributed by atoms with van der Waals surface area (Å²) in [6, 6.07) is 1.35. The second-order valence-corrected chi connectivity index (χ2v) is 4.93. The Hall–Kier alpha value is -0.870. The zero-order valence-electron chi connectivity index (χ0n) is 11.3. The number of aromatic nitrogens is 2. The van der Waals surface area contributed by atoms with Crippen LogP contribution in [-0.4, -0.2) is 22.8 Å². The van der Waals surface area contributed by atoms with E-state index < -0.39 is 0 Å². The highest BCUT2D eigenvalue weighted by Crippen LogP contribution is 2.12. The van der Waals surface area contributed by atoms with Gasteiger partial charge < -0.3 is 4.74 Å². The van der Waals surface area contributed by atoms with E-state index in [4.69, 9.17) is 16.3 Å². The van der Waals surface area contributed by atoms with Crippen LogP contribution in [0.5, 0.6) is 0 Å². The lowest BCUT2D eigenvalue weighted by atomic mass is 10.2. The summed E-state index contributed by atoms with van der Waals surface area (Å²) in [5, 5.41) is 0.256. The topological polar surface area (TPSA) is 44.1 Å². The molecular weight excluding hydrogens is 252 g/mol. The van der Waals surface area contributed by atoms with Crippen molar-refractivity contribution in [2.24, 2.45) is 0 Å². The number of hydrogen-bond acceptors (Lipinski definition) is 3. The van der Waals surface area contributed by atoms with Gasteiger partial charge in [-0.2, -0.15) is 0 Å². The molecule has 1 heterocycles. The smallest absolute Gasteiger partial charge is 0.255 e. The monoisotopic (exact) mass is 272 g/mol. The molecule has 0 amide bonds. The Morgan fingerprint density at radius 1 is 1.44 bits per heavy atom. The maximum atomic E-state index is 11.9. The molecule has 4 nitrogen and oxygen atoms in total. The molecule has 0 radical (unpaired) electrons. The molecule has 0 aliphatic heterocycles. The van der Waals surface area contributed by atoms with Gasteiger partial charge in [0, 0.05) is 18.6 Å². The van der Waals surface area contributed by atoms with Crippen LogP contribution in [0.25, 0.3) is 0 Å². The van der Waals surface area contributed by atoms with Crippen LogP contribution in [0.4, 0.5) is 0 Å². The molecule has 1 aromatic rings. The van der Waals surface area contributed by atoms with E-state index in [1.165, 1.54) is 6.07 Å². The summed E-state index contributed by atoms with van der Waals surface area (Å²) in [7, 11) is 0. The van der Waals surface area contributed by atoms with Gasteiger partial charge in [0.05, 0.1) is 13.2 Å². The van der Waals surface area contributed by atoms with E-state index in [1.54, 1.807) is 4.57 Å². The van der Waals surface area contributed by atoms with Crippen LogP contribution in [0.15, 0.2) is 10.9 Å². The van der Waals surface area contributed by atoms with E-state index in [0.717, 1.165) is 19.4 Å². The summed E-state index contributed by atoms with van der Waals surface area (Å²) in [5.74, 6) is 0.874. The number of nitrogens with zero attached hydrogens (tertiary/aromatic N) is 2. The van der Waals surface area contributed by atoms with Crippen molar-refractivity contribution in [1.82, 2.24) is 9.55 Å². The molecule has 0 fully saturated rings. The van der Waals surface area contributed by atoms with E-state index in [1.807, 2.05) is 13.8 Å². The van der Waals surface area contributed by atoms with Gasteiger partial charge in [0.2, 0.25) is 0 Å². The fraction of sp³-hybridized carbons (Fsp3) is 0.692. The summed E-state index contributed by atoms with van der Waals surface area (Å²) in [6.45, 7) is 7.90. The molecule has 0 atom stereocenters. The summed E-state index contributed by atoms with van der Waals surface area (Å²) in [5.41, 5.74) is -0.113. The minimum Gasteiger partial charge on any atom is -0.380 e. The Bertz CT molecular complexity index is 429. The Morgan fingerprint density at radius 2 is 2.17 bits per heavy atom. The van der Waals surface area contributed by atoms with Crippen LogP contribution in [-0.2, 0) is 11.3 Å². The van der Waals surface area contributed by atoms with Gasteiger partial charge in [-0.3, -0.25) is 9.36 Å². The van der Waals surface area contributed by atoms with Gasteiger partial charge >= 0.3 is 0 Å². The third-order valence-corrected chi connectivity index (χ3v) is 2.82. The first-order chi connectivity index (χ1) is 8.56. The van der Waals surface area contributed by atoms with E-state index >= 15 is 0 Å². The molecule has 0 saturated heterocycles. The second kappa shape index (κ2) is 7.54. The lowest BCUT2D eigenvalue weighted by Crippen LogP contribution is -2.27. The average molecular weight is 273 g/mol. The fourth-order valence-corrected chi connectivity index (χ4v) is 1.84. The Morgan fingerprint density at radius 3 is 2.78 bits per heavy atom. The van der Waals surface area contributed by atoms with Gasteiger partial charge in [0.25, 0.3) is 5.56 Å². The highest BCUT2D eigenvalue weighted by atomic mass is 35.5. The maximum Gasteiger partial charge on any atom is 0.255 e. The lowest BCUT2D eigenvalue weighted by molar-refractivity contribution is 0.122. The lowest BCUT2D eigenvalue weighted by Gasteiger charge is -2.14. The van der Waals surface area contributed by atoms with E-state index in [-0.39, 0.29) is 16.6 Å². The molecule has 0 saturated carbocycles.